The predicted molar refractivity (Wildman–Crippen MR) is 137 cm³/mol. The molecule has 37 heavy (non-hydrogen) atoms. The van der Waals surface area contributed by atoms with Crippen molar-refractivity contribution in [3.63, 3.8) is 0 Å². The van der Waals surface area contributed by atoms with Gasteiger partial charge in [0, 0.05) is 5.39 Å². The first-order valence-corrected chi connectivity index (χ1v) is 11.3. The van der Waals surface area contributed by atoms with Crippen molar-refractivity contribution in [1.82, 2.24) is 15.1 Å². The van der Waals surface area contributed by atoms with Crippen LogP contribution >= 0.6 is 0 Å². The Morgan fingerprint density at radius 1 is 1.05 bits per heavy atom. The molecule has 0 spiro atoms. The summed E-state index contributed by atoms with van der Waals surface area (Å²) in [6, 6.07) is 14.9. The van der Waals surface area contributed by atoms with Gasteiger partial charge in [0.05, 0.1) is 30.6 Å². The number of fused-ring (bicyclic) bond motifs is 1. The molecule has 0 saturated carbocycles. The van der Waals surface area contributed by atoms with Crippen molar-refractivity contribution in [3.8, 4) is 17.2 Å². The number of nitrogens with zero attached hydrogens (tertiary/aromatic N) is 2. The molecule has 6 nitrogen and oxygen atoms in total. The summed E-state index contributed by atoms with van der Waals surface area (Å²) in [4.78, 5) is 12.3. The van der Waals surface area contributed by atoms with Crippen LogP contribution in [0.4, 0.5) is 13.2 Å². The van der Waals surface area contributed by atoms with E-state index in [1.54, 1.807) is 54.2 Å². The fourth-order valence-electron chi connectivity index (χ4n) is 3.79. The van der Waals surface area contributed by atoms with Gasteiger partial charge in [-0.05, 0) is 80.9 Å². The normalized spacial score (nSPS) is 12.9. The number of benzene rings is 3. The number of ether oxygens (including phenoxy) is 2. The number of hydrogen-bond acceptors (Lipinski definition) is 4. The lowest BCUT2D eigenvalue weighted by atomic mass is 10.0. The third-order valence-corrected chi connectivity index (χ3v) is 5.73. The lowest BCUT2D eigenvalue weighted by Gasteiger charge is -2.28. The number of halogens is 3. The highest BCUT2D eigenvalue weighted by Crippen LogP contribution is 2.31. The number of hydrogen-bond donors (Lipinski definition) is 1. The van der Waals surface area contributed by atoms with Gasteiger partial charge in [-0.2, -0.15) is 5.10 Å². The maximum absolute atomic E-state index is 14.5. The molecule has 1 heterocycles. The fourth-order valence-corrected chi connectivity index (χ4v) is 3.79. The molecule has 0 unspecified atom stereocenters. The largest absolute Gasteiger partial charge is 0.494 e. The average molecular weight is 514 g/mol. The number of nitrogens with one attached hydrogen (secondary N) is 1. The number of carbonyl (C=O) groups is 1. The van der Waals surface area contributed by atoms with Gasteiger partial charge in [0.15, 0.2) is 17.2 Å². The van der Waals surface area contributed by atoms with Gasteiger partial charge in [0.2, 0.25) is 0 Å². The molecule has 4 aromatic rings. The van der Waals surface area contributed by atoms with Crippen LogP contribution in [0, 0.1) is 11.6 Å². The Morgan fingerprint density at radius 3 is 2.38 bits per heavy atom. The summed E-state index contributed by atoms with van der Waals surface area (Å²) >= 11 is 0. The zero-order valence-electron chi connectivity index (χ0n) is 20.3. The average Bonchev–Trinajstić information content (AvgIpc) is 3.25. The quantitative estimate of drug-likeness (QED) is 0.299. The second-order valence-corrected chi connectivity index (χ2v) is 8.92. The third kappa shape index (κ3) is 6.04. The monoisotopic (exact) mass is 513 g/mol. The van der Waals surface area contributed by atoms with Crippen LogP contribution in [0.2, 0.25) is 0 Å². The molecule has 1 amide bonds. The van der Waals surface area contributed by atoms with Crippen LogP contribution in [0.15, 0.2) is 66.9 Å². The maximum atomic E-state index is 14.5. The summed E-state index contributed by atoms with van der Waals surface area (Å²) in [6.45, 7) is 3.97. The van der Waals surface area contributed by atoms with Gasteiger partial charge in [-0.3, -0.25) is 4.79 Å². The number of methoxy groups -OCH3 is 1. The van der Waals surface area contributed by atoms with E-state index in [4.69, 9.17) is 9.47 Å². The van der Waals surface area contributed by atoms with Crippen LogP contribution in [-0.4, -0.2) is 34.5 Å². The summed E-state index contributed by atoms with van der Waals surface area (Å²) in [5.74, 6) is -1.25. The highest BCUT2D eigenvalue weighted by atomic mass is 19.1. The molecule has 0 aliphatic heterocycles. The zero-order valence-corrected chi connectivity index (χ0v) is 20.3. The lowest BCUT2D eigenvalue weighted by Crippen LogP contribution is -2.46. The number of rotatable bonds is 8. The summed E-state index contributed by atoms with van der Waals surface area (Å²) in [6.07, 6.45) is 0.797. The fraction of sp³-hybridized carbons (Fsp3) is 0.286. The maximum Gasteiger partial charge on any atom is 0.257 e. The highest BCUT2D eigenvalue weighted by Gasteiger charge is 2.31. The van der Waals surface area contributed by atoms with E-state index in [1.807, 2.05) is 0 Å². The van der Waals surface area contributed by atoms with Crippen molar-refractivity contribution in [2.24, 2.45) is 0 Å². The van der Waals surface area contributed by atoms with Crippen LogP contribution in [0.3, 0.4) is 0 Å². The van der Waals surface area contributed by atoms with Crippen molar-refractivity contribution in [2.75, 3.05) is 7.11 Å². The minimum atomic E-state index is -2.10. The minimum absolute atomic E-state index is 0. The number of carbonyl (C=O) groups excluding carboxylic acids is 1. The smallest absolute Gasteiger partial charge is 0.257 e. The second kappa shape index (κ2) is 10.9. The van der Waals surface area contributed by atoms with Gasteiger partial charge < -0.3 is 14.8 Å². The molecule has 0 aliphatic rings. The second-order valence-electron chi connectivity index (χ2n) is 8.92. The van der Waals surface area contributed by atoms with Crippen LogP contribution < -0.4 is 14.8 Å². The Balaban J connectivity index is 0.00000380. The first-order valence-electron chi connectivity index (χ1n) is 11.3. The van der Waals surface area contributed by atoms with Crippen LogP contribution in [-0.2, 0) is 4.79 Å². The van der Waals surface area contributed by atoms with Crippen molar-refractivity contribution >= 4 is 16.8 Å². The number of alkyl halides is 1. The molecule has 4 rings (SSSR count). The van der Waals surface area contributed by atoms with Crippen LogP contribution in [0.25, 0.3) is 16.6 Å². The molecular weight excluding hydrogens is 483 g/mol. The molecule has 0 bridgehead atoms. The van der Waals surface area contributed by atoms with Crippen LogP contribution in [0.5, 0.6) is 11.5 Å². The molecule has 1 N–H and O–H groups in total. The SMILES string of the molecule is C.COc1ccc([C@@H](Oc2ccc3c(cnn3-c3ccc(F)cc3)c2)[C@H](C)NC(=O)C(C)(C)F)cc1F. The zero-order chi connectivity index (χ0) is 26.0. The third-order valence-electron chi connectivity index (χ3n) is 5.73. The van der Waals surface area contributed by atoms with Crippen molar-refractivity contribution < 1.29 is 27.4 Å². The van der Waals surface area contributed by atoms with E-state index in [0.717, 1.165) is 24.8 Å². The van der Waals surface area contributed by atoms with E-state index in [2.05, 4.69) is 10.4 Å². The molecule has 1 aromatic heterocycles. The molecule has 3 aromatic carbocycles. The van der Waals surface area contributed by atoms with Gasteiger partial charge in [-0.1, -0.05) is 13.5 Å². The molecular formula is C28H30F3N3O3. The molecule has 0 radical (unpaired) electrons. The van der Waals surface area contributed by atoms with Gasteiger partial charge in [0.25, 0.3) is 5.91 Å². The van der Waals surface area contributed by atoms with E-state index in [-0.39, 0.29) is 19.0 Å². The van der Waals surface area contributed by atoms with Crippen LogP contribution in [0.1, 0.15) is 39.9 Å². The van der Waals surface area contributed by atoms with E-state index in [1.165, 1.54) is 31.4 Å². The highest BCUT2D eigenvalue weighted by molar-refractivity contribution is 5.84. The Morgan fingerprint density at radius 2 is 1.76 bits per heavy atom. The first-order chi connectivity index (χ1) is 17.1. The lowest BCUT2D eigenvalue weighted by molar-refractivity contribution is -0.132. The summed E-state index contributed by atoms with van der Waals surface area (Å²) < 4.78 is 54.9. The molecule has 9 heteroatoms. The van der Waals surface area contributed by atoms with Gasteiger partial charge >= 0.3 is 0 Å². The molecule has 0 aliphatic carbocycles. The number of aromatic nitrogens is 2. The Hall–Kier alpha value is -4.01. The Bertz CT molecular complexity index is 1380. The topological polar surface area (TPSA) is 65.4 Å². The minimum Gasteiger partial charge on any atom is -0.494 e. The van der Waals surface area contributed by atoms with Crippen molar-refractivity contribution in [3.05, 3.63) is 84.1 Å². The Kier molecular flexibility index (Phi) is 8.15. The molecule has 0 saturated heterocycles. The van der Waals surface area contributed by atoms with E-state index in [9.17, 15) is 18.0 Å². The van der Waals surface area contributed by atoms with E-state index in [0.29, 0.717) is 17.0 Å². The van der Waals surface area contributed by atoms with E-state index >= 15 is 0 Å². The summed E-state index contributed by atoms with van der Waals surface area (Å²) in [5.41, 5.74) is -0.212. The van der Waals surface area contributed by atoms with Crippen molar-refractivity contribution in [2.45, 2.75) is 46.0 Å². The summed E-state index contributed by atoms with van der Waals surface area (Å²) in [5, 5.41) is 7.74. The van der Waals surface area contributed by atoms with Gasteiger partial charge in [0.1, 0.15) is 17.7 Å². The molecule has 0 fully saturated rings. The Labute approximate surface area is 214 Å². The van der Waals surface area contributed by atoms with Gasteiger partial charge in [-0.25, -0.2) is 17.9 Å². The summed E-state index contributed by atoms with van der Waals surface area (Å²) in [7, 11) is 1.36. The molecule has 2 atom stereocenters. The van der Waals surface area contributed by atoms with Gasteiger partial charge in [-0.15, -0.1) is 0 Å². The standard InChI is InChI=1S/C27H26F3N3O3.CH4/c1-16(32-26(34)27(2,3)30)25(17-5-12-24(35-4)22(29)14-17)36-21-10-11-23-18(13-21)15-31-33(23)20-8-6-19(28)7-9-20;/h5-16,25H,1-4H3,(H,32,34);1H4/t16-,25-;/m0./s1. The number of amides is 1. The van der Waals surface area contributed by atoms with Crippen molar-refractivity contribution in [1.29, 1.82) is 0 Å². The predicted octanol–water partition coefficient (Wildman–Crippen LogP) is 6.32. The first kappa shape index (κ1) is 27.6. The van der Waals surface area contributed by atoms with E-state index < -0.39 is 29.5 Å². The molecule has 196 valence electrons.